The summed E-state index contributed by atoms with van der Waals surface area (Å²) in [7, 11) is 0. The molecule has 1 N–H and O–H groups in total. The summed E-state index contributed by atoms with van der Waals surface area (Å²) in [5, 5.41) is 3.01. The number of rotatable bonds is 5. The number of fused-ring (bicyclic) bond motifs is 1. The Morgan fingerprint density at radius 2 is 1.96 bits per heavy atom. The van der Waals surface area contributed by atoms with E-state index in [0.29, 0.717) is 17.9 Å². The number of anilines is 1. The van der Waals surface area contributed by atoms with E-state index in [1.807, 2.05) is 49.4 Å². The molecule has 1 amide bonds. The topological polar surface area (TPSA) is 55.1 Å². The van der Waals surface area contributed by atoms with E-state index in [9.17, 15) is 4.79 Å². The first-order chi connectivity index (χ1) is 13.2. The molecule has 1 saturated carbocycles. The third-order valence-electron chi connectivity index (χ3n) is 5.55. The summed E-state index contributed by atoms with van der Waals surface area (Å²) in [6.45, 7) is 2.04. The van der Waals surface area contributed by atoms with E-state index in [1.54, 1.807) is 0 Å². The van der Waals surface area contributed by atoms with Crippen LogP contribution in [0.3, 0.4) is 0 Å². The van der Waals surface area contributed by atoms with Gasteiger partial charge in [0.25, 0.3) is 0 Å². The van der Waals surface area contributed by atoms with E-state index in [2.05, 4.69) is 10.3 Å². The lowest BCUT2D eigenvalue weighted by Crippen LogP contribution is -2.14. The summed E-state index contributed by atoms with van der Waals surface area (Å²) in [4.78, 5) is 16.9. The minimum atomic E-state index is 0.0820. The summed E-state index contributed by atoms with van der Waals surface area (Å²) in [6.07, 6.45) is 8.12. The maximum Gasteiger partial charge on any atom is 0.227 e. The molecule has 27 heavy (non-hydrogen) atoms. The van der Waals surface area contributed by atoms with Gasteiger partial charge in [0.15, 0.2) is 5.58 Å². The van der Waals surface area contributed by atoms with Gasteiger partial charge in [-0.05, 0) is 43.0 Å². The first-order valence-corrected chi connectivity index (χ1v) is 9.95. The number of nitrogens with one attached hydrogen (secondary N) is 1. The molecule has 1 aliphatic rings. The number of amides is 1. The minimum Gasteiger partial charge on any atom is -0.436 e. The average molecular weight is 362 g/mol. The molecule has 1 heterocycles. The van der Waals surface area contributed by atoms with Gasteiger partial charge in [-0.15, -0.1) is 0 Å². The normalized spacial score (nSPS) is 15.1. The van der Waals surface area contributed by atoms with Crippen LogP contribution in [-0.2, 0) is 4.79 Å². The number of aromatic nitrogens is 1. The highest BCUT2D eigenvalue weighted by molar-refractivity contribution is 5.93. The quantitative estimate of drug-likeness (QED) is 0.596. The number of oxazole rings is 1. The van der Waals surface area contributed by atoms with Crippen LogP contribution in [0.5, 0.6) is 0 Å². The molecule has 140 valence electrons. The van der Waals surface area contributed by atoms with Crippen LogP contribution in [-0.4, -0.2) is 10.9 Å². The molecule has 4 heteroatoms. The molecule has 0 spiro atoms. The van der Waals surface area contributed by atoms with Crippen molar-refractivity contribution in [3.8, 4) is 11.5 Å². The third kappa shape index (κ3) is 4.21. The molecular weight excluding hydrogens is 336 g/mol. The van der Waals surface area contributed by atoms with Crippen LogP contribution in [0.1, 0.15) is 50.5 Å². The van der Waals surface area contributed by atoms with Crippen molar-refractivity contribution in [3.05, 3.63) is 48.0 Å². The number of carbonyl (C=O) groups is 1. The monoisotopic (exact) mass is 362 g/mol. The van der Waals surface area contributed by atoms with Gasteiger partial charge in [0.05, 0.1) is 0 Å². The molecule has 0 unspecified atom stereocenters. The maximum absolute atomic E-state index is 12.3. The molecular formula is C23H26N2O2. The number of hydrogen-bond donors (Lipinski definition) is 1. The number of hydrogen-bond acceptors (Lipinski definition) is 3. The smallest absolute Gasteiger partial charge is 0.227 e. The molecule has 0 bridgehead atoms. The van der Waals surface area contributed by atoms with Crippen LogP contribution in [0.4, 0.5) is 5.69 Å². The van der Waals surface area contributed by atoms with Crippen LogP contribution in [0.2, 0.25) is 0 Å². The summed E-state index contributed by atoms with van der Waals surface area (Å²) >= 11 is 0. The first kappa shape index (κ1) is 17.8. The van der Waals surface area contributed by atoms with Crippen LogP contribution in [0.15, 0.2) is 46.9 Å². The molecule has 4 rings (SSSR count). The van der Waals surface area contributed by atoms with Crippen molar-refractivity contribution in [1.29, 1.82) is 0 Å². The molecule has 1 aromatic heterocycles. The Hall–Kier alpha value is -2.62. The lowest BCUT2D eigenvalue weighted by Gasteiger charge is -2.20. The van der Waals surface area contributed by atoms with Crippen LogP contribution in [0, 0.1) is 12.8 Å². The molecule has 0 atom stereocenters. The Labute approximate surface area is 160 Å². The largest absolute Gasteiger partial charge is 0.436 e. The molecule has 0 radical (unpaired) electrons. The van der Waals surface area contributed by atoms with E-state index >= 15 is 0 Å². The summed E-state index contributed by atoms with van der Waals surface area (Å²) in [5.74, 6) is 1.42. The van der Waals surface area contributed by atoms with Crippen LogP contribution in [0.25, 0.3) is 22.6 Å². The number of carbonyl (C=O) groups excluding carboxylic acids is 1. The fourth-order valence-corrected chi connectivity index (χ4v) is 3.96. The van der Waals surface area contributed by atoms with Crippen molar-refractivity contribution < 1.29 is 9.21 Å². The fourth-order valence-electron chi connectivity index (χ4n) is 3.96. The van der Waals surface area contributed by atoms with Gasteiger partial charge >= 0.3 is 0 Å². The predicted octanol–water partition coefficient (Wildman–Crippen LogP) is 6.10. The molecule has 4 nitrogen and oxygen atoms in total. The molecule has 0 aliphatic heterocycles. The zero-order chi connectivity index (χ0) is 18.6. The number of aryl methyl sites for hydroxylation is 1. The van der Waals surface area contributed by atoms with Crippen molar-refractivity contribution in [1.82, 2.24) is 4.98 Å². The van der Waals surface area contributed by atoms with Crippen molar-refractivity contribution in [2.45, 2.75) is 51.9 Å². The second-order valence-electron chi connectivity index (χ2n) is 7.61. The lowest BCUT2D eigenvalue weighted by atomic mass is 9.86. The minimum absolute atomic E-state index is 0.0820. The SMILES string of the molecule is Cc1ccccc1-c1nc2ccc(NC(=O)CCC3CCCCC3)cc2o1. The van der Waals surface area contributed by atoms with E-state index in [4.69, 9.17) is 4.42 Å². The predicted molar refractivity (Wildman–Crippen MR) is 109 cm³/mol. The van der Waals surface area contributed by atoms with Gasteiger partial charge in [-0.2, -0.15) is 0 Å². The highest BCUT2D eigenvalue weighted by Crippen LogP contribution is 2.29. The van der Waals surface area contributed by atoms with E-state index in [0.717, 1.165) is 34.7 Å². The van der Waals surface area contributed by atoms with E-state index in [-0.39, 0.29) is 5.91 Å². The molecule has 1 aliphatic carbocycles. The van der Waals surface area contributed by atoms with Crippen LogP contribution >= 0.6 is 0 Å². The maximum atomic E-state index is 12.3. The van der Waals surface area contributed by atoms with E-state index in [1.165, 1.54) is 32.1 Å². The van der Waals surface area contributed by atoms with Gasteiger partial charge in [-0.1, -0.05) is 50.3 Å². The van der Waals surface area contributed by atoms with Gasteiger partial charge in [0, 0.05) is 23.7 Å². The second kappa shape index (κ2) is 7.95. The number of nitrogens with zero attached hydrogens (tertiary/aromatic N) is 1. The van der Waals surface area contributed by atoms with Crippen molar-refractivity contribution >= 4 is 22.7 Å². The highest BCUT2D eigenvalue weighted by atomic mass is 16.3. The Morgan fingerprint density at radius 1 is 1.15 bits per heavy atom. The van der Waals surface area contributed by atoms with Crippen LogP contribution < -0.4 is 5.32 Å². The van der Waals surface area contributed by atoms with Crippen molar-refractivity contribution in [2.24, 2.45) is 5.92 Å². The van der Waals surface area contributed by atoms with Gasteiger partial charge in [0.2, 0.25) is 11.8 Å². The zero-order valence-corrected chi connectivity index (χ0v) is 15.8. The van der Waals surface area contributed by atoms with Gasteiger partial charge < -0.3 is 9.73 Å². The Morgan fingerprint density at radius 3 is 2.78 bits per heavy atom. The molecule has 0 saturated heterocycles. The molecule has 2 aromatic carbocycles. The van der Waals surface area contributed by atoms with Gasteiger partial charge in [-0.25, -0.2) is 4.98 Å². The second-order valence-corrected chi connectivity index (χ2v) is 7.61. The summed E-state index contributed by atoms with van der Waals surface area (Å²) < 4.78 is 5.95. The fraction of sp³-hybridized carbons (Fsp3) is 0.391. The van der Waals surface area contributed by atoms with Gasteiger partial charge in [0.1, 0.15) is 5.52 Å². The Bertz CT molecular complexity index is 938. The molecule has 3 aromatic rings. The Kier molecular flexibility index (Phi) is 5.23. The summed E-state index contributed by atoms with van der Waals surface area (Å²) in [5.41, 5.74) is 4.38. The Balaban J connectivity index is 1.43. The first-order valence-electron chi connectivity index (χ1n) is 9.95. The summed E-state index contributed by atoms with van der Waals surface area (Å²) in [6, 6.07) is 13.7. The molecule has 1 fully saturated rings. The van der Waals surface area contributed by atoms with Crippen molar-refractivity contribution in [2.75, 3.05) is 5.32 Å². The lowest BCUT2D eigenvalue weighted by molar-refractivity contribution is -0.116. The zero-order valence-electron chi connectivity index (χ0n) is 15.8. The highest BCUT2D eigenvalue weighted by Gasteiger charge is 2.15. The third-order valence-corrected chi connectivity index (χ3v) is 5.55. The van der Waals surface area contributed by atoms with Crippen molar-refractivity contribution in [3.63, 3.8) is 0 Å². The van der Waals surface area contributed by atoms with Gasteiger partial charge in [-0.3, -0.25) is 4.79 Å². The van der Waals surface area contributed by atoms with E-state index < -0.39 is 0 Å². The average Bonchev–Trinajstić information content (AvgIpc) is 3.10. The number of benzene rings is 2. The standard InChI is InChI=1S/C23H26N2O2/c1-16-7-5-6-10-19(16)23-25-20-13-12-18(15-21(20)27-23)24-22(26)14-11-17-8-3-2-4-9-17/h5-7,10,12-13,15,17H,2-4,8-9,11,14H2,1H3,(H,24,26).